The Morgan fingerprint density at radius 1 is 1.60 bits per heavy atom. The third-order valence-corrected chi connectivity index (χ3v) is 1.76. The predicted molar refractivity (Wildman–Crippen MR) is 38.9 cm³/mol. The van der Waals surface area contributed by atoms with E-state index in [9.17, 15) is 4.79 Å². The summed E-state index contributed by atoms with van der Waals surface area (Å²) in [5, 5.41) is 0. The summed E-state index contributed by atoms with van der Waals surface area (Å²) in [6.07, 6.45) is 3.86. The molecule has 0 aliphatic heterocycles. The van der Waals surface area contributed by atoms with E-state index in [0.717, 1.165) is 13.0 Å². The van der Waals surface area contributed by atoms with E-state index in [4.69, 9.17) is 4.74 Å². The number of ketones is 1. The summed E-state index contributed by atoms with van der Waals surface area (Å²) in [6, 6.07) is 0. The van der Waals surface area contributed by atoms with Crippen molar-refractivity contribution >= 4 is 5.78 Å². The fraction of sp³-hybridized carbons (Fsp3) is 0.875. The molecule has 2 nitrogen and oxygen atoms in total. The smallest absolute Gasteiger partial charge is 0.138 e. The number of hydrogen-bond acceptors (Lipinski definition) is 2. The first-order chi connectivity index (χ1) is 4.83. The van der Waals surface area contributed by atoms with Gasteiger partial charge in [0.2, 0.25) is 0 Å². The van der Waals surface area contributed by atoms with Gasteiger partial charge in [0, 0.05) is 19.4 Å². The highest BCUT2D eigenvalue weighted by Gasteiger charge is 2.26. The Labute approximate surface area is 61.6 Å². The lowest BCUT2D eigenvalue weighted by atomic mass is 9.94. The molecule has 0 unspecified atom stereocenters. The third kappa shape index (κ3) is 2.10. The van der Waals surface area contributed by atoms with Crippen LogP contribution in [-0.2, 0) is 9.53 Å². The van der Waals surface area contributed by atoms with Gasteiger partial charge in [0.25, 0.3) is 0 Å². The molecule has 1 aliphatic carbocycles. The summed E-state index contributed by atoms with van der Waals surface area (Å²) < 4.78 is 5.37. The van der Waals surface area contributed by atoms with Crippen LogP contribution in [0.3, 0.4) is 0 Å². The fourth-order valence-electron chi connectivity index (χ4n) is 0.960. The zero-order chi connectivity index (χ0) is 7.40. The molecule has 0 bridgehead atoms. The average Bonchev–Trinajstić information content (AvgIpc) is 1.85. The van der Waals surface area contributed by atoms with Gasteiger partial charge in [-0.15, -0.1) is 0 Å². The Hall–Kier alpha value is -0.370. The van der Waals surface area contributed by atoms with E-state index in [0.29, 0.717) is 18.6 Å². The highest BCUT2D eigenvalue weighted by atomic mass is 16.5. The number of Topliss-reactive ketones (excluding diaryl/α,β-unsaturated/α-hetero) is 1. The predicted octanol–water partition coefficient (Wildman–Crippen LogP) is 1.53. The molecule has 0 heterocycles. The van der Waals surface area contributed by atoms with E-state index in [2.05, 4.69) is 6.92 Å². The van der Waals surface area contributed by atoms with Crippen molar-refractivity contribution < 1.29 is 9.53 Å². The molecule has 0 radical (unpaired) electrons. The van der Waals surface area contributed by atoms with E-state index in [1.165, 1.54) is 6.42 Å². The monoisotopic (exact) mass is 142 g/mol. The van der Waals surface area contributed by atoms with Crippen LogP contribution >= 0.6 is 0 Å². The van der Waals surface area contributed by atoms with Crippen molar-refractivity contribution in [2.45, 2.75) is 38.7 Å². The highest BCUT2D eigenvalue weighted by Crippen LogP contribution is 2.18. The minimum absolute atomic E-state index is 0.263. The van der Waals surface area contributed by atoms with Crippen LogP contribution in [0, 0.1) is 0 Å². The van der Waals surface area contributed by atoms with Gasteiger partial charge in [-0.1, -0.05) is 13.3 Å². The first-order valence-corrected chi connectivity index (χ1v) is 3.96. The highest BCUT2D eigenvalue weighted by molar-refractivity contribution is 5.85. The second-order valence-corrected chi connectivity index (χ2v) is 2.79. The van der Waals surface area contributed by atoms with Crippen molar-refractivity contribution in [2.24, 2.45) is 0 Å². The largest absolute Gasteiger partial charge is 0.377 e. The Morgan fingerprint density at radius 3 is 2.80 bits per heavy atom. The molecule has 0 atom stereocenters. The number of carbonyl (C=O) groups excluding carboxylic acids is 1. The van der Waals surface area contributed by atoms with Crippen LogP contribution in [0.1, 0.15) is 32.6 Å². The van der Waals surface area contributed by atoms with Crippen molar-refractivity contribution in [1.29, 1.82) is 0 Å². The Bertz CT molecular complexity index is 112. The molecule has 0 aromatic heterocycles. The van der Waals surface area contributed by atoms with Gasteiger partial charge in [0.05, 0.1) is 6.10 Å². The van der Waals surface area contributed by atoms with Crippen LogP contribution in [0.15, 0.2) is 0 Å². The number of ether oxygens (including phenoxy) is 1. The van der Waals surface area contributed by atoms with Gasteiger partial charge in [0.15, 0.2) is 0 Å². The van der Waals surface area contributed by atoms with E-state index in [1.807, 2.05) is 0 Å². The minimum Gasteiger partial charge on any atom is -0.377 e. The van der Waals surface area contributed by atoms with Crippen LogP contribution < -0.4 is 0 Å². The number of rotatable bonds is 4. The zero-order valence-electron chi connectivity index (χ0n) is 6.43. The second kappa shape index (κ2) is 3.71. The Morgan fingerprint density at radius 2 is 2.30 bits per heavy atom. The third-order valence-electron chi connectivity index (χ3n) is 1.76. The van der Waals surface area contributed by atoms with Crippen molar-refractivity contribution in [3.8, 4) is 0 Å². The lowest BCUT2D eigenvalue weighted by Gasteiger charge is -2.23. The van der Waals surface area contributed by atoms with Gasteiger partial charge >= 0.3 is 0 Å². The Balaban J connectivity index is 1.90. The summed E-state index contributed by atoms with van der Waals surface area (Å²) in [5.41, 5.74) is 0. The lowest BCUT2D eigenvalue weighted by molar-refractivity contribution is -0.134. The molecule has 0 saturated heterocycles. The first-order valence-electron chi connectivity index (χ1n) is 3.96. The van der Waals surface area contributed by atoms with E-state index in [1.54, 1.807) is 0 Å². The van der Waals surface area contributed by atoms with Crippen molar-refractivity contribution in [3.63, 3.8) is 0 Å². The van der Waals surface area contributed by atoms with Gasteiger partial charge < -0.3 is 4.74 Å². The summed E-state index contributed by atoms with van der Waals surface area (Å²) >= 11 is 0. The molecule has 2 heteroatoms. The molecule has 0 N–H and O–H groups in total. The second-order valence-electron chi connectivity index (χ2n) is 2.79. The van der Waals surface area contributed by atoms with Crippen LogP contribution in [0.4, 0.5) is 0 Å². The van der Waals surface area contributed by atoms with Crippen LogP contribution in [-0.4, -0.2) is 18.5 Å². The molecule has 1 saturated carbocycles. The van der Waals surface area contributed by atoms with Crippen molar-refractivity contribution in [2.75, 3.05) is 6.61 Å². The maximum atomic E-state index is 10.5. The molecule has 1 fully saturated rings. The number of hydrogen-bond donors (Lipinski definition) is 0. The molecule has 10 heavy (non-hydrogen) atoms. The number of carbonyl (C=O) groups is 1. The standard InChI is InChI=1S/C8H14O2/c1-2-3-4-10-8-5-7(9)6-8/h8H,2-6H2,1H3. The summed E-state index contributed by atoms with van der Waals surface area (Å²) in [7, 11) is 0. The summed E-state index contributed by atoms with van der Waals surface area (Å²) in [5.74, 6) is 0.349. The van der Waals surface area contributed by atoms with E-state index < -0.39 is 0 Å². The lowest BCUT2D eigenvalue weighted by Crippen LogP contribution is -2.31. The minimum atomic E-state index is 0.263. The fourth-order valence-corrected chi connectivity index (χ4v) is 0.960. The Kier molecular flexibility index (Phi) is 2.87. The maximum absolute atomic E-state index is 10.5. The summed E-state index contributed by atoms with van der Waals surface area (Å²) in [6.45, 7) is 2.96. The van der Waals surface area contributed by atoms with Gasteiger partial charge in [-0.25, -0.2) is 0 Å². The topological polar surface area (TPSA) is 26.3 Å². The van der Waals surface area contributed by atoms with Crippen LogP contribution in [0.2, 0.25) is 0 Å². The molecular weight excluding hydrogens is 128 g/mol. The molecule has 1 aliphatic rings. The molecule has 1 rings (SSSR count). The number of unbranched alkanes of at least 4 members (excludes halogenated alkanes) is 1. The van der Waals surface area contributed by atoms with E-state index in [-0.39, 0.29) is 6.10 Å². The molecule has 0 aromatic rings. The summed E-state index contributed by atoms with van der Waals surface area (Å²) in [4.78, 5) is 10.5. The zero-order valence-corrected chi connectivity index (χ0v) is 6.43. The van der Waals surface area contributed by atoms with E-state index >= 15 is 0 Å². The van der Waals surface area contributed by atoms with Crippen LogP contribution in [0.5, 0.6) is 0 Å². The molecular formula is C8H14O2. The van der Waals surface area contributed by atoms with Crippen molar-refractivity contribution in [3.05, 3.63) is 0 Å². The quantitative estimate of drug-likeness (QED) is 0.556. The van der Waals surface area contributed by atoms with Gasteiger partial charge in [-0.05, 0) is 6.42 Å². The van der Waals surface area contributed by atoms with Crippen molar-refractivity contribution in [1.82, 2.24) is 0 Å². The average molecular weight is 142 g/mol. The normalized spacial score (nSPS) is 19.1. The van der Waals surface area contributed by atoms with Gasteiger partial charge in [0.1, 0.15) is 5.78 Å². The first kappa shape index (κ1) is 7.73. The molecule has 0 amide bonds. The van der Waals surface area contributed by atoms with Crippen LogP contribution in [0.25, 0.3) is 0 Å². The molecule has 0 spiro atoms. The molecule has 0 aromatic carbocycles. The SMILES string of the molecule is CCCCOC1CC(=O)C1. The van der Waals surface area contributed by atoms with Gasteiger partial charge in [-0.2, -0.15) is 0 Å². The molecule has 58 valence electrons. The van der Waals surface area contributed by atoms with Gasteiger partial charge in [-0.3, -0.25) is 4.79 Å². The maximum Gasteiger partial charge on any atom is 0.138 e.